The van der Waals surface area contributed by atoms with Gasteiger partial charge in [-0.05, 0) is 47.4 Å². The highest BCUT2D eigenvalue weighted by Gasteiger charge is 2.36. The number of alkyl halides is 5. The standard InChI is InChI=1S/C20H15F6N3O2S/c1-2-19(22,23)13-7-12(8-14(9-13)20(24,25)26)16(30)27-18-29(17(31)28-32-18)10-11-4-3-5-15(21)6-11/h3-9H,2,10H2,1H3,(H,28,31). The van der Waals surface area contributed by atoms with Gasteiger partial charge in [-0.15, -0.1) is 0 Å². The van der Waals surface area contributed by atoms with Crippen molar-refractivity contribution in [3.63, 3.8) is 0 Å². The molecular weight excluding hydrogens is 460 g/mol. The Balaban J connectivity index is 2.07. The van der Waals surface area contributed by atoms with Gasteiger partial charge in [0.05, 0.1) is 12.1 Å². The third-order valence-corrected chi connectivity index (χ3v) is 5.28. The average molecular weight is 475 g/mol. The van der Waals surface area contributed by atoms with Crippen molar-refractivity contribution >= 4 is 17.4 Å². The van der Waals surface area contributed by atoms with Gasteiger partial charge < -0.3 is 0 Å². The molecule has 0 aliphatic heterocycles. The van der Waals surface area contributed by atoms with Gasteiger partial charge in [0.1, 0.15) is 5.82 Å². The summed E-state index contributed by atoms with van der Waals surface area (Å²) >= 11 is 0.620. The number of nitrogens with one attached hydrogen (secondary N) is 1. The molecule has 1 aromatic heterocycles. The Kier molecular flexibility index (Phi) is 6.44. The minimum Gasteiger partial charge on any atom is -0.267 e. The Morgan fingerprint density at radius 1 is 1.09 bits per heavy atom. The summed E-state index contributed by atoms with van der Waals surface area (Å²) in [6, 6.07) is 6.64. The molecule has 1 heterocycles. The second-order valence-corrected chi connectivity index (χ2v) is 7.55. The maximum Gasteiger partial charge on any atom is 0.416 e. The predicted octanol–water partition coefficient (Wildman–Crippen LogP) is 4.69. The molecule has 0 saturated carbocycles. The van der Waals surface area contributed by atoms with E-state index >= 15 is 0 Å². The molecule has 32 heavy (non-hydrogen) atoms. The highest BCUT2D eigenvalue weighted by atomic mass is 32.1. The number of halogens is 6. The number of H-pyrrole nitrogens is 1. The van der Waals surface area contributed by atoms with Crippen molar-refractivity contribution in [2.45, 2.75) is 32.0 Å². The molecule has 12 heteroatoms. The maximum absolute atomic E-state index is 14.1. The highest BCUT2D eigenvalue weighted by Crippen LogP contribution is 2.37. The van der Waals surface area contributed by atoms with Crippen LogP contribution in [0.25, 0.3) is 0 Å². The summed E-state index contributed by atoms with van der Waals surface area (Å²) < 4.78 is 84.5. The summed E-state index contributed by atoms with van der Waals surface area (Å²) in [6.07, 6.45) is -5.74. The minimum atomic E-state index is -4.97. The van der Waals surface area contributed by atoms with Crippen LogP contribution in [0.5, 0.6) is 0 Å². The lowest BCUT2D eigenvalue weighted by Crippen LogP contribution is -2.28. The first-order valence-corrected chi connectivity index (χ1v) is 9.95. The van der Waals surface area contributed by atoms with E-state index in [1.165, 1.54) is 18.2 Å². The van der Waals surface area contributed by atoms with Gasteiger partial charge in [0.15, 0.2) is 0 Å². The van der Waals surface area contributed by atoms with Crippen LogP contribution < -0.4 is 10.5 Å². The van der Waals surface area contributed by atoms with Crippen LogP contribution >= 0.6 is 11.5 Å². The molecule has 170 valence electrons. The van der Waals surface area contributed by atoms with Gasteiger partial charge in [-0.3, -0.25) is 13.7 Å². The normalized spacial score (nSPS) is 12.9. The first-order valence-electron chi connectivity index (χ1n) is 9.13. The van der Waals surface area contributed by atoms with Crippen molar-refractivity contribution in [1.29, 1.82) is 0 Å². The number of carbonyl (C=O) groups is 1. The molecule has 0 radical (unpaired) electrons. The first kappa shape index (κ1) is 23.5. The number of benzene rings is 2. The fraction of sp³-hybridized carbons (Fsp3) is 0.250. The molecule has 3 aromatic rings. The minimum absolute atomic E-state index is 0.176. The molecule has 0 bridgehead atoms. The molecule has 0 aliphatic carbocycles. The molecule has 0 saturated heterocycles. The Morgan fingerprint density at radius 2 is 1.78 bits per heavy atom. The SMILES string of the molecule is CCC(F)(F)c1cc(C(=O)N=c2s[nH]c(=O)n2Cc2cccc(F)c2)cc(C(F)(F)F)c1. The highest BCUT2D eigenvalue weighted by molar-refractivity contribution is 7.02. The van der Waals surface area contributed by atoms with Crippen LogP contribution in [0.15, 0.2) is 52.3 Å². The molecule has 0 atom stereocenters. The van der Waals surface area contributed by atoms with E-state index in [2.05, 4.69) is 9.37 Å². The zero-order valence-corrected chi connectivity index (χ0v) is 17.2. The lowest BCUT2D eigenvalue weighted by molar-refractivity contribution is -0.137. The van der Waals surface area contributed by atoms with Crippen LogP contribution in [0, 0.1) is 5.82 Å². The van der Waals surface area contributed by atoms with Gasteiger partial charge >= 0.3 is 11.9 Å². The van der Waals surface area contributed by atoms with Crippen LogP contribution in [-0.2, 0) is 18.6 Å². The lowest BCUT2D eigenvalue weighted by Gasteiger charge is -2.17. The van der Waals surface area contributed by atoms with Crippen molar-refractivity contribution in [3.8, 4) is 0 Å². The zero-order valence-electron chi connectivity index (χ0n) is 16.3. The molecule has 0 unspecified atom stereocenters. The second-order valence-electron chi connectivity index (χ2n) is 6.78. The molecule has 0 spiro atoms. The van der Waals surface area contributed by atoms with E-state index in [-0.39, 0.29) is 11.3 Å². The quantitative estimate of drug-likeness (QED) is 0.545. The number of carbonyl (C=O) groups excluding carboxylic acids is 1. The van der Waals surface area contributed by atoms with Crippen LogP contribution in [0.3, 0.4) is 0 Å². The van der Waals surface area contributed by atoms with E-state index in [4.69, 9.17) is 0 Å². The van der Waals surface area contributed by atoms with Crippen molar-refractivity contribution in [3.05, 3.63) is 85.8 Å². The van der Waals surface area contributed by atoms with Crippen molar-refractivity contribution in [2.24, 2.45) is 4.99 Å². The molecule has 0 fully saturated rings. The van der Waals surface area contributed by atoms with E-state index in [1.807, 2.05) is 0 Å². The van der Waals surface area contributed by atoms with E-state index < -0.39 is 52.6 Å². The van der Waals surface area contributed by atoms with Gasteiger partial charge in [0, 0.05) is 17.5 Å². The van der Waals surface area contributed by atoms with E-state index in [0.717, 1.165) is 17.6 Å². The van der Waals surface area contributed by atoms with Crippen LogP contribution in [0.1, 0.15) is 40.4 Å². The number of hydrogen-bond acceptors (Lipinski definition) is 3. The third kappa shape index (κ3) is 5.18. The molecule has 2 aromatic carbocycles. The van der Waals surface area contributed by atoms with Crippen molar-refractivity contribution in [1.82, 2.24) is 8.94 Å². The zero-order chi connectivity index (χ0) is 23.7. The number of rotatable bonds is 5. The number of aromatic nitrogens is 2. The Morgan fingerprint density at radius 3 is 2.41 bits per heavy atom. The maximum atomic E-state index is 14.1. The topological polar surface area (TPSA) is 67.2 Å². The monoisotopic (exact) mass is 475 g/mol. The van der Waals surface area contributed by atoms with Crippen LogP contribution in [0.4, 0.5) is 26.3 Å². The van der Waals surface area contributed by atoms with Gasteiger partial charge in [-0.1, -0.05) is 19.1 Å². The fourth-order valence-electron chi connectivity index (χ4n) is 2.81. The van der Waals surface area contributed by atoms with Crippen molar-refractivity contribution in [2.75, 3.05) is 0 Å². The number of nitrogens with zero attached hydrogens (tertiary/aromatic N) is 2. The summed E-state index contributed by atoms with van der Waals surface area (Å²) in [7, 11) is 0. The predicted molar refractivity (Wildman–Crippen MR) is 104 cm³/mol. The Labute approximate surface area is 180 Å². The summed E-state index contributed by atoms with van der Waals surface area (Å²) in [4.78, 5) is 28.1. The lowest BCUT2D eigenvalue weighted by atomic mass is 9.99. The van der Waals surface area contributed by atoms with Gasteiger partial charge in [-0.25, -0.2) is 18.0 Å². The largest absolute Gasteiger partial charge is 0.416 e. The van der Waals surface area contributed by atoms with Crippen LogP contribution in [0.2, 0.25) is 0 Å². The summed E-state index contributed by atoms with van der Waals surface area (Å²) in [5, 5.41) is 0. The molecule has 0 aliphatic rings. The molecule has 1 N–H and O–H groups in total. The molecule has 5 nitrogen and oxygen atoms in total. The average Bonchev–Trinajstić information content (AvgIpc) is 3.06. The molecule has 1 amide bonds. The van der Waals surface area contributed by atoms with E-state index in [9.17, 15) is 35.9 Å². The smallest absolute Gasteiger partial charge is 0.267 e. The van der Waals surface area contributed by atoms with Gasteiger partial charge in [-0.2, -0.15) is 18.2 Å². The summed E-state index contributed by atoms with van der Waals surface area (Å²) in [6.45, 7) is 0.920. The van der Waals surface area contributed by atoms with Crippen molar-refractivity contribution < 1.29 is 31.1 Å². The van der Waals surface area contributed by atoms with E-state index in [0.29, 0.717) is 35.3 Å². The van der Waals surface area contributed by atoms with Gasteiger partial charge in [0.2, 0.25) is 4.80 Å². The Hall–Kier alpha value is -3.15. The van der Waals surface area contributed by atoms with Gasteiger partial charge in [0.25, 0.3) is 11.8 Å². The third-order valence-electron chi connectivity index (χ3n) is 4.51. The number of aromatic amines is 1. The van der Waals surface area contributed by atoms with Crippen LogP contribution in [-0.4, -0.2) is 14.8 Å². The van der Waals surface area contributed by atoms with E-state index in [1.54, 1.807) is 0 Å². The second kappa shape index (κ2) is 8.77. The number of hydrogen-bond donors (Lipinski definition) is 1. The fourth-order valence-corrected chi connectivity index (χ4v) is 3.48. The molecule has 3 rings (SSSR count). The summed E-state index contributed by atoms with van der Waals surface area (Å²) in [5.41, 5.74) is -3.42. The number of amides is 1. The first-order chi connectivity index (χ1) is 14.9. The Bertz CT molecular complexity index is 1270. The summed E-state index contributed by atoms with van der Waals surface area (Å²) in [5.74, 6) is -5.39. The molecular formula is C20H15F6N3O2S.